The molecule has 1 aliphatic rings. The van der Waals surface area contributed by atoms with Crippen molar-refractivity contribution >= 4 is 17.2 Å². The van der Waals surface area contributed by atoms with Crippen molar-refractivity contribution in [2.75, 3.05) is 27.3 Å². The maximum absolute atomic E-state index is 12.5. The van der Waals surface area contributed by atoms with Gasteiger partial charge in [-0.05, 0) is 38.2 Å². The molecule has 1 aliphatic heterocycles. The molecule has 0 aliphatic carbocycles. The largest absolute Gasteiger partial charge is 0.379 e. The van der Waals surface area contributed by atoms with Crippen LogP contribution in [0.2, 0.25) is 0 Å². The van der Waals surface area contributed by atoms with Gasteiger partial charge in [-0.15, -0.1) is 11.3 Å². The molecule has 0 spiro atoms. The van der Waals surface area contributed by atoms with Crippen molar-refractivity contribution in [3.05, 3.63) is 46.2 Å². The standard InChI is InChI=1S/C17H22N4O2S/c1-21(2)8-16-19-15(11-24-16)17(22)20-14-10-23-9-13(14)7-12-3-5-18-6-4-12/h3-6,11,13-14H,7-10H2,1-2H3,(H,20,22)/t13-,14+/m1/s1. The number of nitrogens with one attached hydrogen (secondary N) is 1. The number of thiazole rings is 1. The minimum atomic E-state index is -0.119. The molecule has 1 saturated heterocycles. The molecule has 1 fully saturated rings. The fourth-order valence-corrected chi connectivity index (χ4v) is 3.67. The van der Waals surface area contributed by atoms with Crippen molar-refractivity contribution in [3.8, 4) is 0 Å². The van der Waals surface area contributed by atoms with E-state index < -0.39 is 0 Å². The topological polar surface area (TPSA) is 67.4 Å². The van der Waals surface area contributed by atoms with Crippen LogP contribution in [0.5, 0.6) is 0 Å². The van der Waals surface area contributed by atoms with Gasteiger partial charge in [-0.2, -0.15) is 0 Å². The number of hydrogen-bond acceptors (Lipinski definition) is 6. The van der Waals surface area contributed by atoms with Crippen LogP contribution in [-0.2, 0) is 17.7 Å². The van der Waals surface area contributed by atoms with Gasteiger partial charge < -0.3 is 15.0 Å². The van der Waals surface area contributed by atoms with E-state index in [1.54, 1.807) is 12.4 Å². The summed E-state index contributed by atoms with van der Waals surface area (Å²) in [5.74, 6) is 0.155. The summed E-state index contributed by atoms with van der Waals surface area (Å²) >= 11 is 1.52. The average Bonchev–Trinajstić information content (AvgIpc) is 3.18. The molecule has 1 amide bonds. The first-order chi connectivity index (χ1) is 11.6. The predicted octanol–water partition coefficient (Wildman–Crippen LogP) is 1.59. The molecule has 6 nitrogen and oxygen atoms in total. The van der Waals surface area contributed by atoms with Gasteiger partial charge in [0.05, 0.1) is 19.3 Å². The Morgan fingerprint density at radius 2 is 2.17 bits per heavy atom. The van der Waals surface area contributed by atoms with Gasteiger partial charge in [0.15, 0.2) is 0 Å². The fourth-order valence-electron chi connectivity index (χ4n) is 2.78. The molecule has 7 heteroatoms. The number of pyridine rings is 1. The van der Waals surface area contributed by atoms with E-state index in [1.165, 1.54) is 16.9 Å². The molecule has 2 atom stereocenters. The molecular formula is C17H22N4O2S. The number of hydrogen-bond donors (Lipinski definition) is 1. The van der Waals surface area contributed by atoms with Gasteiger partial charge in [0, 0.05) is 30.2 Å². The highest BCUT2D eigenvalue weighted by Gasteiger charge is 2.30. The minimum absolute atomic E-state index is 0.0182. The van der Waals surface area contributed by atoms with Gasteiger partial charge >= 0.3 is 0 Å². The van der Waals surface area contributed by atoms with E-state index in [2.05, 4.69) is 15.3 Å². The molecule has 0 unspecified atom stereocenters. The van der Waals surface area contributed by atoms with Gasteiger partial charge in [-0.1, -0.05) is 0 Å². The Kier molecular flexibility index (Phi) is 5.55. The number of ether oxygens (including phenoxy) is 1. The lowest BCUT2D eigenvalue weighted by Crippen LogP contribution is -2.40. The number of aromatic nitrogens is 2. The average molecular weight is 346 g/mol. The summed E-state index contributed by atoms with van der Waals surface area (Å²) in [6.07, 6.45) is 4.46. The smallest absolute Gasteiger partial charge is 0.271 e. The zero-order chi connectivity index (χ0) is 16.9. The lowest BCUT2D eigenvalue weighted by Gasteiger charge is -2.18. The molecule has 0 aromatic carbocycles. The lowest BCUT2D eigenvalue weighted by atomic mass is 9.95. The Labute approximate surface area is 145 Å². The van der Waals surface area contributed by atoms with Crippen molar-refractivity contribution in [1.82, 2.24) is 20.2 Å². The van der Waals surface area contributed by atoms with Crippen molar-refractivity contribution in [3.63, 3.8) is 0 Å². The third-order valence-electron chi connectivity index (χ3n) is 4.00. The predicted molar refractivity (Wildman–Crippen MR) is 93.0 cm³/mol. The van der Waals surface area contributed by atoms with Gasteiger partial charge in [-0.3, -0.25) is 9.78 Å². The van der Waals surface area contributed by atoms with Crippen molar-refractivity contribution in [1.29, 1.82) is 0 Å². The van der Waals surface area contributed by atoms with E-state index in [4.69, 9.17) is 4.74 Å². The molecule has 0 radical (unpaired) electrons. The summed E-state index contributed by atoms with van der Waals surface area (Å²) in [7, 11) is 3.97. The summed E-state index contributed by atoms with van der Waals surface area (Å²) in [5, 5.41) is 5.85. The van der Waals surface area contributed by atoms with Crippen LogP contribution in [0.4, 0.5) is 0 Å². The van der Waals surface area contributed by atoms with Crippen LogP contribution in [0.1, 0.15) is 21.1 Å². The maximum atomic E-state index is 12.5. The highest BCUT2D eigenvalue weighted by Crippen LogP contribution is 2.20. The highest BCUT2D eigenvalue weighted by molar-refractivity contribution is 7.09. The van der Waals surface area contributed by atoms with E-state index in [1.807, 2.05) is 36.5 Å². The normalized spacial score (nSPS) is 20.5. The van der Waals surface area contributed by atoms with Gasteiger partial charge in [0.2, 0.25) is 0 Å². The fraction of sp³-hybridized carbons (Fsp3) is 0.471. The quantitative estimate of drug-likeness (QED) is 0.860. The van der Waals surface area contributed by atoms with E-state index in [0.29, 0.717) is 18.9 Å². The van der Waals surface area contributed by atoms with Crippen LogP contribution in [-0.4, -0.2) is 54.1 Å². The lowest BCUT2D eigenvalue weighted by molar-refractivity contribution is 0.0920. The third-order valence-corrected chi connectivity index (χ3v) is 4.83. The third kappa shape index (κ3) is 4.37. The molecular weight excluding hydrogens is 324 g/mol. The Bertz CT molecular complexity index is 674. The summed E-state index contributed by atoms with van der Waals surface area (Å²) in [5.41, 5.74) is 1.70. The Hall–Kier alpha value is -1.83. The van der Waals surface area contributed by atoms with Crippen LogP contribution in [0.15, 0.2) is 29.9 Å². The second-order valence-electron chi connectivity index (χ2n) is 6.30. The summed E-state index contributed by atoms with van der Waals surface area (Å²) in [6.45, 7) is 1.96. The van der Waals surface area contributed by atoms with Crippen LogP contribution >= 0.6 is 11.3 Å². The maximum Gasteiger partial charge on any atom is 0.271 e. The summed E-state index contributed by atoms with van der Waals surface area (Å²) in [6, 6.07) is 4.03. The molecule has 24 heavy (non-hydrogen) atoms. The van der Waals surface area contributed by atoms with Crippen molar-refractivity contribution in [2.45, 2.75) is 19.0 Å². The second kappa shape index (κ2) is 7.83. The molecule has 0 bridgehead atoms. The van der Waals surface area contributed by atoms with E-state index in [0.717, 1.165) is 18.0 Å². The van der Waals surface area contributed by atoms with Crippen LogP contribution < -0.4 is 5.32 Å². The molecule has 3 heterocycles. The van der Waals surface area contributed by atoms with Crippen molar-refractivity contribution in [2.24, 2.45) is 5.92 Å². The monoisotopic (exact) mass is 346 g/mol. The first-order valence-corrected chi connectivity index (χ1v) is 8.86. The first kappa shape index (κ1) is 17.0. The molecule has 2 aromatic heterocycles. The van der Waals surface area contributed by atoms with E-state index >= 15 is 0 Å². The van der Waals surface area contributed by atoms with Crippen LogP contribution in [0.3, 0.4) is 0 Å². The zero-order valence-electron chi connectivity index (χ0n) is 13.9. The Balaban J connectivity index is 1.59. The number of carbonyl (C=O) groups is 1. The van der Waals surface area contributed by atoms with Gasteiger partial charge in [-0.25, -0.2) is 4.98 Å². The SMILES string of the molecule is CN(C)Cc1nc(C(=O)N[C@H]2COC[C@H]2Cc2ccncc2)cs1. The molecule has 2 aromatic rings. The molecule has 128 valence electrons. The molecule has 1 N–H and O–H groups in total. The number of carbonyl (C=O) groups excluding carboxylic acids is 1. The zero-order valence-corrected chi connectivity index (χ0v) is 14.8. The number of nitrogens with zero attached hydrogens (tertiary/aromatic N) is 3. The molecule has 0 saturated carbocycles. The van der Waals surface area contributed by atoms with Gasteiger partial charge in [0.1, 0.15) is 10.7 Å². The highest BCUT2D eigenvalue weighted by atomic mass is 32.1. The van der Waals surface area contributed by atoms with E-state index in [9.17, 15) is 4.79 Å². The number of amides is 1. The Morgan fingerprint density at radius 1 is 1.38 bits per heavy atom. The van der Waals surface area contributed by atoms with Crippen LogP contribution in [0, 0.1) is 5.92 Å². The summed E-state index contributed by atoms with van der Waals surface area (Å²) < 4.78 is 5.58. The van der Waals surface area contributed by atoms with E-state index in [-0.39, 0.29) is 17.9 Å². The summed E-state index contributed by atoms with van der Waals surface area (Å²) in [4.78, 5) is 22.9. The van der Waals surface area contributed by atoms with Crippen LogP contribution in [0.25, 0.3) is 0 Å². The Morgan fingerprint density at radius 3 is 2.92 bits per heavy atom. The molecule has 3 rings (SSSR count). The second-order valence-corrected chi connectivity index (χ2v) is 7.24. The minimum Gasteiger partial charge on any atom is -0.379 e. The number of rotatable bonds is 6. The van der Waals surface area contributed by atoms with Crippen molar-refractivity contribution < 1.29 is 9.53 Å². The van der Waals surface area contributed by atoms with Gasteiger partial charge in [0.25, 0.3) is 5.91 Å². The first-order valence-electron chi connectivity index (χ1n) is 7.98.